The number of aromatic nitrogens is 4. The molecule has 0 aliphatic carbocycles. The fourth-order valence-electron chi connectivity index (χ4n) is 4.11. The normalized spacial score (nSPS) is 19.4. The third kappa shape index (κ3) is 3.26. The fourth-order valence-corrected chi connectivity index (χ4v) is 4.11. The Balaban J connectivity index is 1.26. The van der Waals surface area contributed by atoms with Crippen LogP contribution in [0, 0.1) is 17.2 Å². The van der Waals surface area contributed by atoms with E-state index in [2.05, 4.69) is 36.2 Å². The Kier molecular flexibility index (Phi) is 4.59. The minimum atomic E-state index is -0.144. The van der Waals surface area contributed by atoms with Crippen LogP contribution in [0.4, 0.5) is 5.95 Å². The van der Waals surface area contributed by atoms with Crippen LogP contribution in [0.1, 0.15) is 36.4 Å². The first kappa shape index (κ1) is 18.2. The molecule has 2 aliphatic rings. The highest BCUT2D eigenvalue weighted by molar-refractivity contribution is 5.82. The van der Waals surface area contributed by atoms with Crippen molar-refractivity contribution < 1.29 is 4.79 Å². The summed E-state index contributed by atoms with van der Waals surface area (Å²) in [6.07, 6.45) is 7.35. The molecular formula is C21H20N8O. The summed E-state index contributed by atoms with van der Waals surface area (Å²) in [6, 6.07) is 9.42. The zero-order valence-electron chi connectivity index (χ0n) is 16.3. The smallest absolute Gasteiger partial charge is 0.246 e. The Hall–Kier alpha value is -3.80. The van der Waals surface area contributed by atoms with Gasteiger partial charge in [-0.2, -0.15) is 20.4 Å². The van der Waals surface area contributed by atoms with Crippen molar-refractivity contribution in [2.24, 2.45) is 11.0 Å². The maximum atomic E-state index is 13.2. The fraction of sp³-hybridized carbons (Fsp3) is 0.333. The Bertz CT molecular complexity index is 1160. The molecule has 9 nitrogen and oxygen atoms in total. The molecule has 1 amide bonds. The predicted molar refractivity (Wildman–Crippen MR) is 110 cm³/mol. The minimum Gasteiger partial charge on any atom is -0.341 e. The number of hydrazone groups is 1. The molecule has 2 aromatic heterocycles. The number of anilines is 1. The van der Waals surface area contributed by atoms with Crippen molar-refractivity contribution in [2.75, 3.05) is 18.0 Å². The van der Waals surface area contributed by atoms with Gasteiger partial charge in [0.05, 0.1) is 29.3 Å². The number of amides is 1. The summed E-state index contributed by atoms with van der Waals surface area (Å²) in [4.78, 5) is 24.3. The average Bonchev–Trinajstić information content (AvgIpc) is 3.48. The van der Waals surface area contributed by atoms with E-state index in [0.29, 0.717) is 36.7 Å². The topological polar surface area (TPSA) is 114 Å². The molecule has 4 heterocycles. The van der Waals surface area contributed by atoms with Crippen molar-refractivity contribution in [3.05, 3.63) is 47.8 Å². The molecule has 1 unspecified atom stereocenters. The summed E-state index contributed by atoms with van der Waals surface area (Å²) in [5, 5.41) is 22.9. The van der Waals surface area contributed by atoms with Crippen molar-refractivity contribution in [1.82, 2.24) is 25.2 Å². The number of carbonyl (C=O) groups excluding carboxylic acids is 1. The van der Waals surface area contributed by atoms with Crippen LogP contribution < -0.4 is 4.90 Å². The molecule has 1 atom stereocenters. The van der Waals surface area contributed by atoms with Gasteiger partial charge in [-0.05, 0) is 30.5 Å². The number of nitriles is 1. The number of piperidine rings is 1. The average molecular weight is 400 g/mol. The Morgan fingerprint density at radius 2 is 2.10 bits per heavy atom. The highest BCUT2D eigenvalue weighted by Gasteiger charge is 2.35. The molecule has 30 heavy (non-hydrogen) atoms. The van der Waals surface area contributed by atoms with Crippen LogP contribution in [-0.2, 0) is 4.79 Å². The monoisotopic (exact) mass is 400 g/mol. The molecule has 0 saturated carbocycles. The first-order valence-corrected chi connectivity index (χ1v) is 9.99. The molecule has 150 valence electrons. The van der Waals surface area contributed by atoms with Gasteiger partial charge in [-0.3, -0.25) is 9.89 Å². The third-order valence-electron chi connectivity index (χ3n) is 5.76. The minimum absolute atomic E-state index is 0.0423. The number of hydrogen-bond donors (Lipinski definition) is 1. The number of nitrogens with zero attached hydrogens (tertiary/aromatic N) is 7. The molecule has 1 N–H and O–H groups in total. The van der Waals surface area contributed by atoms with Gasteiger partial charge in [0.15, 0.2) is 5.65 Å². The van der Waals surface area contributed by atoms with Crippen molar-refractivity contribution in [2.45, 2.75) is 25.3 Å². The number of nitrogens with one attached hydrogen (secondary N) is 1. The van der Waals surface area contributed by atoms with Gasteiger partial charge in [-0.15, -0.1) is 0 Å². The van der Waals surface area contributed by atoms with E-state index in [4.69, 9.17) is 5.26 Å². The summed E-state index contributed by atoms with van der Waals surface area (Å²) < 4.78 is 0. The SMILES string of the molecule is N#Cc1cccc(C2CC=NN2C(=O)C2CCN(c3ncc4cn[nH]c4n3)CC2)c1. The highest BCUT2D eigenvalue weighted by atomic mass is 16.2. The van der Waals surface area contributed by atoms with Gasteiger partial charge in [-0.1, -0.05) is 12.1 Å². The van der Waals surface area contributed by atoms with Crippen molar-refractivity contribution in [3.8, 4) is 6.07 Å². The lowest BCUT2D eigenvalue weighted by atomic mass is 9.94. The Morgan fingerprint density at radius 1 is 1.23 bits per heavy atom. The molecular weight excluding hydrogens is 380 g/mol. The molecule has 1 saturated heterocycles. The van der Waals surface area contributed by atoms with Gasteiger partial charge in [-0.25, -0.2) is 9.99 Å². The van der Waals surface area contributed by atoms with Crippen LogP contribution in [0.2, 0.25) is 0 Å². The summed E-state index contributed by atoms with van der Waals surface area (Å²) >= 11 is 0. The molecule has 2 aliphatic heterocycles. The number of H-pyrrole nitrogens is 1. The summed E-state index contributed by atoms with van der Waals surface area (Å²) in [6.45, 7) is 1.42. The van der Waals surface area contributed by atoms with E-state index in [0.717, 1.165) is 23.8 Å². The maximum Gasteiger partial charge on any atom is 0.246 e. The molecule has 9 heteroatoms. The summed E-state index contributed by atoms with van der Waals surface area (Å²) in [5.74, 6) is 0.609. The largest absolute Gasteiger partial charge is 0.341 e. The van der Waals surface area contributed by atoms with E-state index in [1.165, 1.54) is 0 Å². The van der Waals surface area contributed by atoms with E-state index >= 15 is 0 Å². The zero-order valence-corrected chi connectivity index (χ0v) is 16.3. The van der Waals surface area contributed by atoms with E-state index in [9.17, 15) is 4.79 Å². The second-order valence-electron chi connectivity index (χ2n) is 7.57. The quantitative estimate of drug-likeness (QED) is 0.722. The lowest BCUT2D eigenvalue weighted by Gasteiger charge is -2.33. The first-order valence-electron chi connectivity index (χ1n) is 9.99. The van der Waals surface area contributed by atoms with Gasteiger partial charge in [0.2, 0.25) is 11.9 Å². The highest BCUT2D eigenvalue weighted by Crippen LogP contribution is 2.32. The van der Waals surface area contributed by atoms with Crippen LogP contribution >= 0.6 is 0 Å². The number of benzene rings is 1. The van der Waals surface area contributed by atoms with Crippen molar-refractivity contribution in [1.29, 1.82) is 5.26 Å². The predicted octanol–water partition coefficient (Wildman–Crippen LogP) is 2.40. The number of aromatic amines is 1. The number of fused-ring (bicyclic) bond motifs is 1. The third-order valence-corrected chi connectivity index (χ3v) is 5.76. The first-order chi connectivity index (χ1) is 14.7. The lowest BCUT2D eigenvalue weighted by molar-refractivity contribution is -0.138. The van der Waals surface area contributed by atoms with Gasteiger partial charge < -0.3 is 4.90 Å². The van der Waals surface area contributed by atoms with Gasteiger partial charge in [0, 0.05) is 37.8 Å². The van der Waals surface area contributed by atoms with E-state index in [-0.39, 0.29) is 17.9 Å². The van der Waals surface area contributed by atoms with Crippen molar-refractivity contribution >= 4 is 29.1 Å². The molecule has 1 fully saturated rings. The molecule has 0 spiro atoms. The molecule has 0 radical (unpaired) electrons. The maximum absolute atomic E-state index is 13.2. The molecule has 1 aromatic carbocycles. The molecule has 5 rings (SSSR count). The van der Waals surface area contributed by atoms with Gasteiger partial charge >= 0.3 is 0 Å². The second-order valence-corrected chi connectivity index (χ2v) is 7.57. The van der Waals surface area contributed by atoms with Crippen LogP contribution in [0.25, 0.3) is 11.0 Å². The number of hydrogen-bond acceptors (Lipinski definition) is 7. The summed E-state index contributed by atoms with van der Waals surface area (Å²) in [5.41, 5.74) is 2.25. The van der Waals surface area contributed by atoms with Gasteiger partial charge in [0.25, 0.3) is 0 Å². The lowest BCUT2D eigenvalue weighted by Crippen LogP contribution is -2.41. The second kappa shape index (κ2) is 7.55. The van der Waals surface area contributed by atoms with E-state index in [1.54, 1.807) is 29.7 Å². The molecule has 3 aromatic rings. The Labute approximate surface area is 173 Å². The summed E-state index contributed by atoms with van der Waals surface area (Å²) in [7, 11) is 0. The zero-order chi connectivity index (χ0) is 20.5. The van der Waals surface area contributed by atoms with Crippen LogP contribution in [0.15, 0.2) is 41.8 Å². The number of carbonyl (C=O) groups is 1. The van der Waals surface area contributed by atoms with E-state index in [1.807, 2.05) is 18.2 Å². The van der Waals surface area contributed by atoms with Crippen LogP contribution in [-0.4, -0.2) is 50.4 Å². The standard InChI is InChI=1S/C21H20N8O/c22-11-14-2-1-3-16(10-14)18-4-7-25-29(18)20(30)15-5-8-28(9-6-15)21-23-12-17-13-24-27-19(17)26-21/h1-3,7,10,12-13,15,18H,4-6,8-9H2,(H,23,24,26,27). The molecule has 0 bridgehead atoms. The number of rotatable bonds is 3. The van der Waals surface area contributed by atoms with Crippen LogP contribution in [0.5, 0.6) is 0 Å². The van der Waals surface area contributed by atoms with E-state index < -0.39 is 0 Å². The Morgan fingerprint density at radius 3 is 2.93 bits per heavy atom. The van der Waals surface area contributed by atoms with Gasteiger partial charge in [0.1, 0.15) is 0 Å². The van der Waals surface area contributed by atoms with Crippen molar-refractivity contribution in [3.63, 3.8) is 0 Å². The van der Waals surface area contributed by atoms with Crippen LogP contribution in [0.3, 0.4) is 0 Å².